The molecule has 8 aromatic heterocycles. The number of para-hydroxylation sites is 4. The number of nitrogens with one attached hydrogen (secondary N) is 1. The Morgan fingerprint density at radius 3 is 1.33 bits per heavy atom. The summed E-state index contributed by atoms with van der Waals surface area (Å²) in [6.07, 6.45) is -0.0871. The van der Waals surface area contributed by atoms with E-state index in [2.05, 4.69) is 20.3 Å². The second kappa shape index (κ2) is 34.3. The van der Waals surface area contributed by atoms with Gasteiger partial charge in [0.05, 0.1) is 57.5 Å². The number of rotatable bonds is 18. The van der Waals surface area contributed by atoms with Gasteiger partial charge in [0, 0.05) is 23.6 Å². The van der Waals surface area contributed by atoms with E-state index in [-0.39, 0.29) is 75.2 Å². The summed E-state index contributed by atoms with van der Waals surface area (Å²) in [6.45, 7) is 12.9. The molecule has 17 rings (SSSR count). The third-order valence-electron chi connectivity index (χ3n) is 18.1. The maximum Gasteiger partial charge on any atom is 0.514 e. The predicted octanol–water partition coefficient (Wildman–Crippen LogP) is 19.8. The second-order valence-corrected chi connectivity index (χ2v) is 29.2. The minimum Gasteiger partial charge on any atom is -0.487 e. The highest BCUT2D eigenvalue weighted by Crippen LogP contribution is 2.41. The number of carbonyl (C=O) groups excluding carboxylic acids is 5. The largest absolute Gasteiger partial charge is 0.514 e. The normalized spacial score (nSPS) is 11.8. The van der Waals surface area contributed by atoms with Crippen molar-refractivity contribution in [3.63, 3.8) is 0 Å². The van der Waals surface area contributed by atoms with Crippen molar-refractivity contribution < 1.29 is 80.3 Å². The van der Waals surface area contributed by atoms with Gasteiger partial charge in [-0.3, -0.25) is 64.0 Å². The number of nitro groups is 4. The number of nitrogens with zero attached hydrogens (tertiary/aromatic N) is 12. The minimum atomic E-state index is -0.975. The molecule has 0 bridgehead atoms. The fourth-order valence-electron chi connectivity index (χ4n) is 12.8. The summed E-state index contributed by atoms with van der Waals surface area (Å²) in [5.74, 6) is -0.418. The summed E-state index contributed by atoms with van der Waals surface area (Å²) in [4.78, 5) is 124. The Morgan fingerprint density at radius 1 is 0.430 bits per heavy atom. The van der Waals surface area contributed by atoms with Gasteiger partial charge in [-0.1, -0.05) is 127 Å². The number of imidazole rings is 4. The Morgan fingerprint density at radius 2 is 0.843 bits per heavy atom. The number of fused-ring (bicyclic) bond motifs is 4. The summed E-state index contributed by atoms with van der Waals surface area (Å²) in [5.41, 5.74) is 6.63. The van der Waals surface area contributed by atoms with Crippen molar-refractivity contribution in [1.82, 2.24) is 38.2 Å². The molecule has 1 amide bonds. The van der Waals surface area contributed by atoms with Crippen LogP contribution in [0.5, 0.6) is 11.5 Å². The van der Waals surface area contributed by atoms with E-state index in [0.29, 0.717) is 69.7 Å². The lowest BCUT2D eigenvalue weighted by Gasteiger charge is -2.21. The van der Waals surface area contributed by atoms with E-state index >= 15 is 0 Å². The van der Waals surface area contributed by atoms with Crippen molar-refractivity contribution in [3.8, 4) is 57.8 Å². The van der Waals surface area contributed by atoms with E-state index in [1.807, 2.05) is 109 Å². The average molecular weight is 1630 g/mol. The molecule has 0 spiro atoms. The van der Waals surface area contributed by atoms with Gasteiger partial charge in [-0.15, -0.1) is 0 Å². The van der Waals surface area contributed by atoms with Crippen molar-refractivity contribution in [2.75, 3.05) is 5.32 Å². The molecule has 121 heavy (non-hydrogen) atoms. The molecule has 0 unspecified atom stereocenters. The SMILES string of the molecule is CC(C)(C)OC(=O)Oc1cccc2nc(-c3ccc([N+](=O)[O-])o3)n(C(=O)OC(C)(C)C)c12.Cc1cccc2nc(-c3ccc([N+](=O)[O-])o3)n(C(=O)C3CC3)c12.O=C(Nc1cccc2nc(-c3ccc([N+](=O)[O-])o3)n(C(=O)c3ccccc3)c12)c1ccccc1.O=[N+]([O-])c1ccc(-c2nc3cccc(OCc4ccccc4)c3n2Cc2ccccc2)o1. The summed E-state index contributed by atoms with van der Waals surface area (Å²) < 4.78 is 49.4. The highest BCUT2D eigenvalue weighted by molar-refractivity contribution is 6.12. The number of anilines is 1. The third-order valence-corrected chi connectivity index (χ3v) is 18.1. The van der Waals surface area contributed by atoms with Crippen molar-refractivity contribution in [2.24, 2.45) is 5.92 Å². The van der Waals surface area contributed by atoms with Crippen LogP contribution in [0.25, 0.3) is 90.5 Å². The predicted molar refractivity (Wildman–Crippen MR) is 440 cm³/mol. The average Bonchev–Trinajstić information content (AvgIpc) is 1.61. The molecular formula is C87H71N13O21. The van der Waals surface area contributed by atoms with Crippen LogP contribution in [0.1, 0.15) is 96.6 Å². The zero-order chi connectivity index (χ0) is 85.6. The molecule has 8 aromatic carbocycles. The topological polar surface area (TPSA) is 431 Å². The fraction of sp³-hybridized carbons (Fsp3) is 0.161. The molecule has 1 aliphatic rings. The van der Waals surface area contributed by atoms with Crippen LogP contribution in [0.2, 0.25) is 0 Å². The van der Waals surface area contributed by atoms with Crippen LogP contribution in [0.15, 0.2) is 260 Å². The minimum absolute atomic E-state index is 0.00398. The molecule has 34 nitrogen and oxygen atoms in total. The van der Waals surface area contributed by atoms with Crippen molar-refractivity contribution in [3.05, 3.63) is 311 Å². The van der Waals surface area contributed by atoms with Crippen LogP contribution >= 0.6 is 0 Å². The first-order valence-electron chi connectivity index (χ1n) is 37.4. The summed E-state index contributed by atoms with van der Waals surface area (Å²) in [5, 5.41) is 47.0. The molecule has 0 saturated heterocycles. The number of carbonyl (C=O) groups is 5. The summed E-state index contributed by atoms with van der Waals surface area (Å²) in [6, 6.07) is 68.7. The molecule has 0 atom stereocenters. The smallest absolute Gasteiger partial charge is 0.487 e. The standard InChI is InChI=1S/C25H16N4O5.C25H19N3O4.C21H23N3O8.C16H13N3O4/c30-24(16-8-3-1-4-9-16)27-19-13-7-12-18-22(19)28(25(31)17-10-5-2-6-11-17)23(26-18)20-14-15-21(34-20)29(32)33;29-28(30)23-15-14-22(32-23)25-26-20-12-7-13-21(31-17-19-10-5-2-6-11-19)24(20)27(25)16-18-8-3-1-4-9-18;1-20(2,3)31-18(25)23-16-12(22-17(23)14-10-11-15(29-14)24(27)28)8-7-9-13(16)30-19(26)32-21(4,5)6;1-9-3-2-4-11-14(9)18(16(20)10-5-6-10)15(17-11)12-7-8-13(23-12)19(21)22/h1-15H,(H,27,30);1-15H,16-17H2;7-11H,1-6H3;2-4,7-8,10H,5-6H2,1H3. The van der Waals surface area contributed by atoms with E-state index in [0.717, 1.165) is 56.7 Å². The van der Waals surface area contributed by atoms with Crippen molar-refractivity contribution in [2.45, 2.75) is 85.7 Å². The van der Waals surface area contributed by atoms with Crippen molar-refractivity contribution in [1.29, 1.82) is 0 Å². The zero-order valence-corrected chi connectivity index (χ0v) is 65.4. The van der Waals surface area contributed by atoms with Gasteiger partial charge < -0.3 is 46.5 Å². The molecule has 8 heterocycles. The molecule has 0 radical (unpaired) electrons. The van der Waals surface area contributed by atoms with Gasteiger partial charge in [-0.25, -0.2) is 34.1 Å². The van der Waals surface area contributed by atoms with Crippen LogP contribution in [-0.4, -0.2) is 99.1 Å². The van der Waals surface area contributed by atoms with Crippen LogP contribution in [0.4, 0.5) is 38.8 Å². The molecule has 610 valence electrons. The number of amides is 1. The molecular weight excluding hydrogens is 1560 g/mol. The van der Waals surface area contributed by atoms with Gasteiger partial charge in [-0.2, -0.15) is 0 Å². The van der Waals surface area contributed by atoms with E-state index in [1.165, 1.54) is 47.0 Å². The lowest BCUT2D eigenvalue weighted by Crippen LogP contribution is -2.28. The van der Waals surface area contributed by atoms with E-state index in [9.17, 15) is 64.4 Å². The van der Waals surface area contributed by atoms with Gasteiger partial charge in [-0.05, 0) is 169 Å². The molecule has 1 saturated carbocycles. The number of aromatic nitrogens is 8. The Labute approximate surface area is 684 Å². The van der Waals surface area contributed by atoms with E-state index in [1.54, 1.807) is 143 Å². The van der Waals surface area contributed by atoms with Gasteiger partial charge in [0.15, 0.2) is 52.1 Å². The van der Waals surface area contributed by atoms with Crippen molar-refractivity contribution >= 4 is 103 Å². The first-order chi connectivity index (χ1) is 58.0. The molecule has 1 aliphatic carbocycles. The molecule has 34 heteroatoms. The Balaban J connectivity index is 0.000000133. The monoisotopic (exact) mass is 1630 g/mol. The molecule has 16 aromatic rings. The third kappa shape index (κ3) is 18.4. The Bertz CT molecular complexity index is 6630. The molecule has 0 aliphatic heterocycles. The van der Waals surface area contributed by atoms with Gasteiger partial charge in [0.2, 0.25) is 5.91 Å². The van der Waals surface area contributed by atoms with Crippen LogP contribution in [0, 0.1) is 53.3 Å². The van der Waals surface area contributed by atoms with E-state index < -0.39 is 60.8 Å². The Kier molecular flexibility index (Phi) is 23.0. The first-order valence-corrected chi connectivity index (χ1v) is 37.4. The lowest BCUT2D eigenvalue weighted by atomic mass is 10.2. The lowest BCUT2D eigenvalue weighted by molar-refractivity contribution is -0.402. The number of hydrogen-bond donors (Lipinski definition) is 1. The maximum atomic E-state index is 13.6. The highest BCUT2D eigenvalue weighted by atomic mass is 16.7. The summed E-state index contributed by atoms with van der Waals surface area (Å²) >= 11 is 0. The zero-order valence-electron chi connectivity index (χ0n) is 65.4. The second-order valence-electron chi connectivity index (χ2n) is 29.2. The number of benzene rings is 8. The van der Waals surface area contributed by atoms with Gasteiger partial charge in [0.25, 0.3) is 11.8 Å². The van der Waals surface area contributed by atoms with Crippen LogP contribution in [0.3, 0.4) is 0 Å². The first kappa shape index (κ1) is 81.3. The summed E-state index contributed by atoms with van der Waals surface area (Å²) in [7, 11) is 0. The molecule has 1 N–H and O–H groups in total. The van der Waals surface area contributed by atoms with E-state index in [4.69, 9.17) is 41.6 Å². The quantitative estimate of drug-likeness (QED) is 0.0361. The number of ether oxygens (including phenoxy) is 4. The molecule has 1 fully saturated rings. The van der Waals surface area contributed by atoms with Gasteiger partial charge in [0.1, 0.15) is 59.8 Å². The van der Waals surface area contributed by atoms with Gasteiger partial charge >= 0.3 is 35.8 Å². The number of furan rings is 4. The maximum absolute atomic E-state index is 13.6. The Hall–Kier alpha value is -16.3. The highest BCUT2D eigenvalue weighted by Gasteiger charge is 2.36. The number of hydrogen-bond acceptors (Lipinski definition) is 25. The van der Waals surface area contributed by atoms with Crippen LogP contribution in [-0.2, 0) is 22.6 Å². The van der Waals surface area contributed by atoms with Crippen LogP contribution < -0.4 is 14.8 Å². The number of aryl methyl sites for hydroxylation is 1. The fourth-order valence-corrected chi connectivity index (χ4v) is 12.8.